The van der Waals surface area contributed by atoms with E-state index in [0.29, 0.717) is 12.5 Å². The molecule has 124 valence electrons. The highest BCUT2D eigenvalue weighted by atomic mass is 16.3. The van der Waals surface area contributed by atoms with Crippen LogP contribution in [0.2, 0.25) is 0 Å². The minimum Gasteiger partial charge on any atom is -0.396 e. The van der Waals surface area contributed by atoms with E-state index in [-0.39, 0.29) is 12.0 Å². The number of aliphatic hydroxyl groups excluding tert-OH is 1. The first-order valence-electron chi connectivity index (χ1n) is 8.34. The topological polar surface area (TPSA) is 70.6 Å². The molecule has 0 aliphatic rings. The molecule has 4 nitrogen and oxygen atoms in total. The molecule has 1 aromatic rings. The van der Waals surface area contributed by atoms with Gasteiger partial charge in [0.15, 0.2) is 5.96 Å². The van der Waals surface area contributed by atoms with E-state index in [1.807, 2.05) is 0 Å². The summed E-state index contributed by atoms with van der Waals surface area (Å²) in [6.45, 7) is 9.13. The molecule has 0 radical (unpaired) electrons. The Balaban J connectivity index is 2.93. The molecule has 0 unspecified atom stereocenters. The van der Waals surface area contributed by atoms with Crippen LogP contribution in [0.1, 0.15) is 51.7 Å². The second kappa shape index (κ2) is 8.79. The van der Waals surface area contributed by atoms with Crippen molar-refractivity contribution in [3.05, 3.63) is 29.3 Å². The van der Waals surface area contributed by atoms with Gasteiger partial charge in [-0.25, -0.2) is 0 Å². The Morgan fingerprint density at radius 2 is 1.68 bits per heavy atom. The SMILES string of the molecule is CCc1cccc(CC)c1NC(N)=NCC(CC)(CC)CO. The van der Waals surface area contributed by atoms with Gasteiger partial charge in [-0.15, -0.1) is 0 Å². The number of anilines is 1. The van der Waals surface area contributed by atoms with E-state index in [1.165, 1.54) is 11.1 Å². The Morgan fingerprint density at radius 1 is 1.14 bits per heavy atom. The summed E-state index contributed by atoms with van der Waals surface area (Å²) < 4.78 is 0. The number of guanidine groups is 1. The minimum absolute atomic E-state index is 0.141. The Kier molecular flexibility index (Phi) is 7.39. The minimum atomic E-state index is -0.163. The number of aliphatic imine (C=N–C) groups is 1. The molecule has 0 spiro atoms. The quantitative estimate of drug-likeness (QED) is 0.509. The highest BCUT2D eigenvalue weighted by molar-refractivity contribution is 5.93. The maximum atomic E-state index is 9.61. The molecule has 1 aromatic carbocycles. The summed E-state index contributed by atoms with van der Waals surface area (Å²) in [5.74, 6) is 0.426. The molecule has 0 fully saturated rings. The monoisotopic (exact) mass is 305 g/mol. The Bertz CT molecular complexity index is 463. The van der Waals surface area contributed by atoms with Crippen LogP contribution >= 0.6 is 0 Å². The molecule has 4 N–H and O–H groups in total. The van der Waals surface area contributed by atoms with Crippen molar-refractivity contribution in [1.82, 2.24) is 0 Å². The van der Waals surface area contributed by atoms with Crippen molar-refractivity contribution >= 4 is 11.6 Å². The van der Waals surface area contributed by atoms with Crippen LogP contribution in [-0.4, -0.2) is 24.2 Å². The summed E-state index contributed by atoms with van der Waals surface area (Å²) in [5, 5.41) is 12.9. The molecular weight excluding hydrogens is 274 g/mol. The zero-order valence-electron chi connectivity index (χ0n) is 14.4. The number of aryl methyl sites for hydroxylation is 2. The molecule has 22 heavy (non-hydrogen) atoms. The Hall–Kier alpha value is -1.55. The fourth-order valence-electron chi connectivity index (χ4n) is 2.57. The van der Waals surface area contributed by atoms with Gasteiger partial charge in [-0.1, -0.05) is 45.9 Å². The first kappa shape index (κ1) is 18.5. The van der Waals surface area contributed by atoms with Gasteiger partial charge in [0.05, 0.1) is 13.2 Å². The van der Waals surface area contributed by atoms with Gasteiger partial charge >= 0.3 is 0 Å². The highest BCUT2D eigenvalue weighted by Crippen LogP contribution is 2.26. The lowest BCUT2D eigenvalue weighted by molar-refractivity contribution is 0.123. The first-order chi connectivity index (χ1) is 10.6. The van der Waals surface area contributed by atoms with Crippen LogP contribution in [0.3, 0.4) is 0 Å². The summed E-state index contributed by atoms with van der Waals surface area (Å²) in [6, 6.07) is 6.32. The molecule has 0 aromatic heterocycles. The molecule has 0 saturated heterocycles. The summed E-state index contributed by atoms with van der Waals surface area (Å²) in [4.78, 5) is 4.48. The molecule has 0 amide bonds. The van der Waals surface area contributed by atoms with E-state index in [2.05, 4.69) is 56.2 Å². The van der Waals surface area contributed by atoms with Gasteiger partial charge in [0.25, 0.3) is 0 Å². The third-order valence-electron chi connectivity index (χ3n) is 4.67. The van der Waals surface area contributed by atoms with Crippen LogP contribution < -0.4 is 11.1 Å². The number of aliphatic hydroxyl groups is 1. The van der Waals surface area contributed by atoms with Crippen LogP contribution in [-0.2, 0) is 12.8 Å². The smallest absolute Gasteiger partial charge is 0.193 e. The van der Waals surface area contributed by atoms with Crippen molar-refractivity contribution in [1.29, 1.82) is 0 Å². The van der Waals surface area contributed by atoms with Gasteiger partial charge in [0.1, 0.15) is 0 Å². The van der Waals surface area contributed by atoms with E-state index in [0.717, 1.165) is 31.4 Å². The number of nitrogens with two attached hydrogens (primary N) is 1. The second-order valence-electron chi connectivity index (χ2n) is 5.85. The van der Waals surface area contributed by atoms with Crippen molar-refractivity contribution in [3.8, 4) is 0 Å². The van der Waals surface area contributed by atoms with E-state index in [9.17, 15) is 5.11 Å². The van der Waals surface area contributed by atoms with Gasteiger partial charge in [0, 0.05) is 11.1 Å². The lowest BCUT2D eigenvalue weighted by Crippen LogP contribution is -2.31. The third-order valence-corrected chi connectivity index (χ3v) is 4.67. The zero-order chi connectivity index (χ0) is 16.6. The van der Waals surface area contributed by atoms with Crippen LogP contribution in [0.5, 0.6) is 0 Å². The predicted octanol–water partition coefficient (Wildman–Crippen LogP) is 3.34. The standard InChI is InChI=1S/C18H31N3O/c1-5-14-10-9-11-15(6-2)16(14)21-17(19)20-12-18(7-3,8-4)13-22/h9-11,22H,5-8,12-13H2,1-4H3,(H3,19,20,21). The number of nitrogens with one attached hydrogen (secondary N) is 1. The van der Waals surface area contributed by atoms with Gasteiger partial charge in [-0.05, 0) is 36.8 Å². The second-order valence-corrected chi connectivity index (χ2v) is 5.85. The van der Waals surface area contributed by atoms with E-state index >= 15 is 0 Å². The van der Waals surface area contributed by atoms with Gasteiger partial charge < -0.3 is 16.2 Å². The van der Waals surface area contributed by atoms with Crippen molar-refractivity contribution in [3.63, 3.8) is 0 Å². The van der Waals surface area contributed by atoms with E-state index < -0.39 is 0 Å². The van der Waals surface area contributed by atoms with Crippen molar-refractivity contribution in [2.75, 3.05) is 18.5 Å². The number of benzene rings is 1. The van der Waals surface area contributed by atoms with Crippen LogP contribution in [0, 0.1) is 5.41 Å². The normalized spacial score (nSPS) is 12.5. The molecule has 0 saturated carbocycles. The molecular formula is C18H31N3O. The first-order valence-corrected chi connectivity index (χ1v) is 8.34. The van der Waals surface area contributed by atoms with Crippen LogP contribution in [0.15, 0.2) is 23.2 Å². The van der Waals surface area contributed by atoms with Gasteiger partial charge in [-0.3, -0.25) is 4.99 Å². The lowest BCUT2D eigenvalue weighted by Gasteiger charge is -2.27. The summed E-state index contributed by atoms with van der Waals surface area (Å²) in [5.41, 5.74) is 9.49. The Morgan fingerprint density at radius 3 is 2.09 bits per heavy atom. The number of para-hydroxylation sites is 1. The summed E-state index contributed by atoms with van der Waals surface area (Å²) >= 11 is 0. The molecule has 0 aliphatic heterocycles. The third kappa shape index (κ3) is 4.47. The summed E-state index contributed by atoms with van der Waals surface area (Å²) in [6.07, 6.45) is 3.69. The Labute approximate surface area is 134 Å². The fraction of sp³-hybridized carbons (Fsp3) is 0.611. The average molecular weight is 305 g/mol. The van der Waals surface area contributed by atoms with Crippen LogP contribution in [0.25, 0.3) is 0 Å². The maximum absolute atomic E-state index is 9.61. The van der Waals surface area contributed by atoms with Crippen molar-refractivity contribution in [2.24, 2.45) is 16.1 Å². The molecule has 1 rings (SSSR count). The molecule has 4 heteroatoms. The lowest BCUT2D eigenvalue weighted by atomic mass is 9.83. The van der Waals surface area contributed by atoms with Gasteiger partial charge in [-0.2, -0.15) is 0 Å². The predicted molar refractivity (Wildman–Crippen MR) is 95.4 cm³/mol. The average Bonchev–Trinajstić information content (AvgIpc) is 2.56. The molecule has 0 bridgehead atoms. The van der Waals surface area contributed by atoms with Crippen molar-refractivity contribution in [2.45, 2.75) is 53.4 Å². The summed E-state index contributed by atoms with van der Waals surface area (Å²) in [7, 11) is 0. The maximum Gasteiger partial charge on any atom is 0.193 e. The number of hydrogen-bond donors (Lipinski definition) is 3. The largest absolute Gasteiger partial charge is 0.396 e. The molecule has 0 heterocycles. The molecule has 0 atom stereocenters. The van der Waals surface area contributed by atoms with Gasteiger partial charge in [0.2, 0.25) is 0 Å². The van der Waals surface area contributed by atoms with E-state index in [4.69, 9.17) is 5.73 Å². The highest BCUT2D eigenvalue weighted by Gasteiger charge is 2.24. The number of rotatable bonds is 8. The van der Waals surface area contributed by atoms with Crippen LogP contribution in [0.4, 0.5) is 5.69 Å². The molecule has 0 aliphatic carbocycles. The number of nitrogens with zero attached hydrogens (tertiary/aromatic N) is 1. The van der Waals surface area contributed by atoms with Crippen molar-refractivity contribution < 1.29 is 5.11 Å². The zero-order valence-corrected chi connectivity index (χ0v) is 14.4. The fourth-order valence-corrected chi connectivity index (χ4v) is 2.57. The van der Waals surface area contributed by atoms with E-state index in [1.54, 1.807) is 0 Å². The number of hydrogen-bond acceptors (Lipinski definition) is 2.